The van der Waals surface area contributed by atoms with Crippen LogP contribution in [-0.4, -0.2) is 11.8 Å². The lowest BCUT2D eigenvalue weighted by Gasteiger charge is -2.34. The van der Waals surface area contributed by atoms with Crippen LogP contribution in [0.2, 0.25) is 0 Å². The van der Waals surface area contributed by atoms with Gasteiger partial charge >= 0.3 is 0 Å². The first-order valence-electron chi connectivity index (χ1n) is 6.22. The van der Waals surface area contributed by atoms with E-state index in [1.165, 1.54) is 0 Å². The van der Waals surface area contributed by atoms with Gasteiger partial charge in [0.1, 0.15) is 5.75 Å². The van der Waals surface area contributed by atoms with Gasteiger partial charge in [-0.15, -0.1) is 0 Å². The third kappa shape index (κ3) is 1.26. The topological polar surface area (TPSA) is 67.4 Å². The Morgan fingerprint density at radius 3 is 2.60 bits per heavy atom. The molecule has 1 atom stereocenters. The maximum atomic E-state index is 12.3. The predicted octanol–water partition coefficient (Wildman–Crippen LogP) is 1.61. The first-order valence-corrected chi connectivity index (χ1v) is 6.22. The van der Waals surface area contributed by atoms with E-state index in [0.29, 0.717) is 22.6 Å². The van der Waals surface area contributed by atoms with Crippen LogP contribution in [0.4, 0.5) is 5.69 Å². The molecule has 2 amide bonds. The second-order valence-corrected chi connectivity index (χ2v) is 4.73. The number of anilines is 1. The smallest absolute Gasteiger partial charge is 0.295 e. The zero-order valence-electron chi connectivity index (χ0n) is 10.3. The maximum Gasteiger partial charge on any atom is 0.295 e. The molecule has 5 nitrogen and oxygen atoms in total. The molecule has 0 saturated heterocycles. The largest absolute Gasteiger partial charge is 0.453 e. The quantitative estimate of drug-likeness (QED) is 0.761. The van der Waals surface area contributed by atoms with Crippen molar-refractivity contribution in [3.63, 3.8) is 0 Å². The molecular formula is C15H10N2O3. The molecule has 0 bridgehead atoms. The molecule has 2 aromatic carbocycles. The molecule has 1 unspecified atom stereocenters. The van der Waals surface area contributed by atoms with Crippen LogP contribution >= 0.6 is 0 Å². The van der Waals surface area contributed by atoms with Crippen LogP contribution in [0.25, 0.3) is 0 Å². The highest BCUT2D eigenvalue weighted by Gasteiger charge is 2.53. The Morgan fingerprint density at radius 2 is 1.70 bits per heavy atom. The van der Waals surface area contributed by atoms with Gasteiger partial charge in [-0.25, -0.2) is 0 Å². The number of hydrogen-bond donors (Lipinski definition) is 2. The molecule has 0 aliphatic carbocycles. The van der Waals surface area contributed by atoms with E-state index in [1.54, 1.807) is 42.5 Å². The van der Waals surface area contributed by atoms with Crippen LogP contribution in [0.1, 0.15) is 15.9 Å². The van der Waals surface area contributed by atoms with Crippen LogP contribution < -0.4 is 15.4 Å². The summed E-state index contributed by atoms with van der Waals surface area (Å²) in [7, 11) is 0. The summed E-state index contributed by atoms with van der Waals surface area (Å²) in [5.74, 6) is -0.302. The summed E-state index contributed by atoms with van der Waals surface area (Å²) >= 11 is 0. The van der Waals surface area contributed by atoms with E-state index in [0.717, 1.165) is 0 Å². The molecule has 0 aromatic heterocycles. The molecule has 2 heterocycles. The normalized spacial score (nSPS) is 22.6. The summed E-state index contributed by atoms with van der Waals surface area (Å²) in [4.78, 5) is 24.5. The average Bonchev–Trinajstić information content (AvgIpc) is 2.72. The molecule has 2 aliphatic rings. The third-order valence-electron chi connectivity index (χ3n) is 3.56. The van der Waals surface area contributed by atoms with Gasteiger partial charge in [-0.05, 0) is 18.2 Å². The maximum absolute atomic E-state index is 12.3. The molecule has 98 valence electrons. The first-order chi connectivity index (χ1) is 9.71. The number of fused-ring (bicyclic) bond motifs is 3. The zero-order valence-corrected chi connectivity index (χ0v) is 10.3. The zero-order chi connectivity index (χ0) is 13.7. The van der Waals surface area contributed by atoms with Gasteiger partial charge in [-0.1, -0.05) is 30.3 Å². The van der Waals surface area contributed by atoms with E-state index in [2.05, 4.69) is 10.6 Å². The minimum atomic E-state index is -1.47. The Hall–Kier alpha value is -2.82. The Kier molecular flexibility index (Phi) is 1.99. The molecule has 2 N–H and O–H groups in total. The molecule has 2 aliphatic heterocycles. The summed E-state index contributed by atoms with van der Waals surface area (Å²) in [5, 5.41) is 5.41. The van der Waals surface area contributed by atoms with E-state index >= 15 is 0 Å². The number of para-hydroxylation sites is 2. The van der Waals surface area contributed by atoms with E-state index in [1.807, 2.05) is 6.07 Å². The van der Waals surface area contributed by atoms with Crippen molar-refractivity contribution in [1.29, 1.82) is 0 Å². The van der Waals surface area contributed by atoms with E-state index in [-0.39, 0.29) is 11.8 Å². The lowest BCUT2D eigenvalue weighted by molar-refractivity contribution is -0.133. The lowest BCUT2D eigenvalue weighted by Crippen LogP contribution is -2.57. The van der Waals surface area contributed by atoms with E-state index < -0.39 is 5.72 Å². The predicted molar refractivity (Wildman–Crippen MR) is 71.3 cm³/mol. The number of nitrogens with one attached hydrogen (secondary N) is 2. The average molecular weight is 266 g/mol. The van der Waals surface area contributed by atoms with Crippen molar-refractivity contribution in [3.05, 3.63) is 59.7 Å². The van der Waals surface area contributed by atoms with Gasteiger partial charge in [0.05, 0.1) is 16.8 Å². The molecular weight excluding hydrogens is 256 g/mol. The second kappa shape index (κ2) is 3.60. The van der Waals surface area contributed by atoms with Gasteiger partial charge in [0.15, 0.2) is 0 Å². The standard InChI is InChI=1S/C15H10N2O3/c18-13-9-5-1-4-8-12(9)20-15(17-13)10-6-2-3-7-11(10)16-14(15)19/h1-8H,(H,16,19)(H,17,18). The SMILES string of the molecule is O=C1NC2(Oc3ccccc31)C(=O)Nc1ccccc12. The van der Waals surface area contributed by atoms with Crippen molar-refractivity contribution >= 4 is 17.5 Å². The Bertz CT molecular complexity index is 756. The number of rotatable bonds is 0. The van der Waals surface area contributed by atoms with Gasteiger partial charge in [-0.2, -0.15) is 0 Å². The van der Waals surface area contributed by atoms with Crippen LogP contribution in [0, 0.1) is 0 Å². The third-order valence-corrected chi connectivity index (χ3v) is 3.56. The first kappa shape index (κ1) is 11.0. The van der Waals surface area contributed by atoms with E-state index in [9.17, 15) is 9.59 Å². The number of hydrogen-bond acceptors (Lipinski definition) is 3. The molecule has 20 heavy (non-hydrogen) atoms. The fraction of sp³-hybridized carbons (Fsp3) is 0.0667. The molecule has 1 spiro atoms. The monoisotopic (exact) mass is 266 g/mol. The molecule has 0 fully saturated rings. The van der Waals surface area contributed by atoms with Crippen molar-refractivity contribution in [2.75, 3.05) is 5.32 Å². The fourth-order valence-corrected chi connectivity index (χ4v) is 2.62. The highest BCUT2D eigenvalue weighted by Crippen LogP contribution is 2.41. The number of carbonyl (C=O) groups is 2. The summed E-state index contributed by atoms with van der Waals surface area (Å²) in [6, 6.07) is 14.0. The molecule has 4 rings (SSSR count). The van der Waals surface area contributed by atoms with Crippen molar-refractivity contribution in [3.8, 4) is 5.75 Å². The summed E-state index contributed by atoms with van der Waals surface area (Å²) < 4.78 is 5.85. The van der Waals surface area contributed by atoms with Gasteiger partial charge < -0.3 is 15.4 Å². The molecule has 0 saturated carbocycles. The molecule has 0 radical (unpaired) electrons. The van der Waals surface area contributed by atoms with Gasteiger partial charge in [0.2, 0.25) is 0 Å². The van der Waals surface area contributed by atoms with Crippen LogP contribution in [0.3, 0.4) is 0 Å². The van der Waals surface area contributed by atoms with Crippen LogP contribution in [0.15, 0.2) is 48.5 Å². The fourth-order valence-electron chi connectivity index (χ4n) is 2.62. The Morgan fingerprint density at radius 1 is 0.950 bits per heavy atom. The Balaban J connectivity index is 1.92. The second-order valence-electron chi connectivity index (χ2n) is 4.73. The summed E-state index contributed by atoms with van der Waals surface area (Å²) in [6.45, 7) is 0. The Labute approximate surface area is 114 Å². The summed E-state index contributed by atoms with van der Waals surface area (Å²) in [5.41, 5.74) is 0.225. The molecule has 5 heteroatoms. The van der Waals surface area contributed by atoms with Gasteiger partial charge in [0, 0.05) is 0 Å². The van der Waals surface area contributed by atoms with Crippen molar-refractivity contribution in [1.82, 2.24) is 5.32 Å². The summed E-state index contributed by atoms with van der Waals surface area (Å²) in [6.07, 6.45) is 0. The van der Waals surface area contributed by atoms with Gasteiger partial charge in [0.25, 0.3) is 17.5 Å². The highest BCUT2D eigenvalue weighted by molar-refractivity contribution is 6.10. The number of ether oxygens (including phenoxy) is 1. The minimum absolute atomic E-state index is 0.321. The van der Waals surface area contributed by atoms with Crippen molar-refractivity contribution in [2.45, 2.75) is 5.72 Å². The number of benzene rings is 2. The van der Waals surface area contributed by atoms with Crippen LogP contribution in [0.5, 0.6) is 5.75 Å². The number of carbonyl (C=O) groups excluding carboxylic acids is 2. The highest BCUT2D eigenvalue weighted by atomic mass is 16.5. The minimum Gasteiger partial charge on any atom is -0.453 e. The van der Waals surface area contributed by atoms with Gasteiger partial charge in [-0.3, -0.25) is 9.59 Å². The van der Waals surface area contributed by atoms with Crippen molar-refractivity contribution in [2.24, 2.45) is 0 Å². The lowest BCUT2D eigenvalue weighted by atomic mass is 10.0. The van der Waals surface area contributed by atoms with E-state index in [4.69, 9.17) is 4.74 Å². The van der Waals surface area contributed by atoms with Crippen molar-refractivity contribution < 1.29 is 14.3 Å². The van der Waals surface area contributed by atoms with Crippen LogP contribution in [-0.2, 0) is 10.5 Å². The number of amides is 2. The molecule has 2 aromatic rings.